The van der Waals surface area contributed by atoms with E-state index in [9.17, 15) is 0 Å². The summed E-state index contributed by atoms with van der Waals surface area (Å²) in [6.45, 7) is 0. The Morgan fingerprint density at radius 2 is 0.960 bits per heavy atom. The van der Waals surface area contributed by atoms with Crippen LogP contribution in [0.4, 0.5) is 11.4 Å². The predicted molar refractivity (Wildman–Crippen MR) is 107 cm³/mol. The van der Waals surface area contributed by atoms with Gasteiger partial charge in [-0.2, -0.15) is 0 Å². The molecule has 0 heterocycles. The summed E-state index contributed by atoms with van der Waals surface area (Å²) in [6, 6.07) is 21.4. The molecule has 0 radical (unpaired) electrons. The van der Waals surface area contributed by atoms with Gasteiger partial charge in [0.05, 0.1) is 8.22 Å². The lowest BCUT2D eigenvalue weighted by atomic mass is 10.0. The lowest BCUT2D eigenvalue weighted by molar-refractivity contribution is 1.53. The van der Waals surface area contributed by atoms with Crippen LogP contribution in [0, 0.1) is 0 Å². The van der Waals surface area contributed by atoms with Gasteiger partial charge in [-0.15, -0.1) is 0 Å². The van der Waals surface area contributed by atoms with Crippen LogP contribution in [0.15, 0.2) is 109 Å². The van der Waals surface area contributed by atoms with Gasteiger partial charge < -0.3 is 5.32 Å². The van der Waals surface area contributed by atoms with Crippen LogP contribution in [-0.2, 0) is 0 Å². The van der Waals surface area contributed by atoms with E-state index < -0.39 is 6.04 Å². The fourth-order valence-electron chi connectivity index (χ4n) is 2.61. The molecule has 0 saturated carbocycles. The second kappa shape index (κ2) is 7.06. The lowest BCUT2D eigenvalue weighted by Crippen LogP contribution is -1.90. The molecule has 0 aromatic heterocycles. The van der Waals surface area contributed by atoms with Crippen molar-refractivity contribution < 1.29 is 8.22 Å². The van der Waals surface area contributed by atoms with Gasteiger partial charge in [0.25, 0.3) is 0 Å². The molecular formula is C24H19N. The molecule has 1 N–H and O–H groups in total. The molecule has 0 fully saturated rings. The summed E-state index contributed by atoms with van der Waals surface area (Å²) in [5, 5.41) is 3.30. The van der Waals surface area contributed by atoms with Crippen LogP contribution in [0.3, 0.4) is 0 Å². The third-order valence-corrected chi connectivity index (χ3v) is 3.90. The normalized spacial score (nSPS) is 13.8. The summed E-state index contributed by atoms with van der Waals surface area (Å²) in [5.74, 6) is 0. The molecule has 0 amide bonds. The highest BCUT2D eigenvalue weighted by Gasteiger charge is 2.00. The molecule has 0 saturated heterocycles. The van der Waals surface area contributed by atoms with E-state index >= 15 is 0 Å². The third kappa shape index (κ3) is 3.61. The van der Waals surface area contributed by atoms with Gasteiger partial charge in [0.2, 0.25) is 0 Å². The minimum Gasteiger partial charge on any atom is -0.356 e. The van der Waals surface area contributed by atoms with Crippen molar-refractivity contribution in [2.24, 2.45) is 0 Å². The van der Waals surface area contributed by atoms with Crippen molar-refractivity contribution in [1.82, 2.24) is 0 Å². The van der Waals surface area contributed by atoms with E-state index in [0.717, 1.165) is 22.5 Å². The van der Waals surface area contributed by atoms with Crippen molar-refractivity contribution in [3.05, 3.63) is 109 Å². The molecule has 25 heavy (non-hydrogen) atoms. The van der Waals surface area contributed by atoms with Crippen molar-refractivity contribution in [2.45, 2.75) is 0 Å². The Kier molecular flexibility index (Phi) is 2.78. The molecule has 4 aromatic carbocycles. The van der Waals surface area contributed by atoms with Crippen LogP contribution in [0.2, 0.25) is 0 Å². The second-order valence-corrected chi connectivity index (χ2v) is 5.57. The van der Waals surface area contributed by atoms with E-state index in [1.165, 1.54) is 0 Å². The molecule has 0 unspecified atom stereocenters. The van der Waals surface area contributed by atoms with Crippen molar-refractivity contribution in [3.63, 3.8) is 0 Å². The van der Waals surface area contributed by atoms with E-state index in [4.69, 9.17) is 8.22 Å². The number of anilines is 2. The van der Waals surface area contributed by atoms with Gasteiger partial charge in [-0.3, -0.25) is 0 Å². The Morgan fingerprint density at radius 1 is 0.480 bits per heavy atom. The minimum atomic E-state index is -0.392. The predicted octanol–water partition coefficient (Wildman–Crippen LogP) is 6.76. The molecule has 0 aliphatic carbocycles. The van der Waals surface area contributed by atoms with Crippen LogP contribution in [0.5, 0.6) is 0 Å². The van der Waals surface area contributed by atoms with Crippen LogP contribution in [0.1, 0.15) is 8.22 Å². The highest BCUT2D eigenvalue weighted by molar-refractivity contribution is 5.70. The number of rotatable bonds is 4. The number of nitrogens with one attached hydrogen (secondary N) is 1. The Balaban J connectivity index is 1.55. The van der Waals surface area contributed by atoms with Crippen molar-refractivity contribution in [3.8, 4) is 22.3 Å². The van der Waals surface area contributed by atoms with Crippen molar-refractivity contribution in [2.75, 3.05) is 5.32 Å². The molecule has 120 valence electrons. The maximum absolute atomic E-state index is 8.11. The Hall–Kier alpha value is -3.32. The monoisotopic (exact) mass is 327 g/mol. The number of hydrogen-bond acceptors (Lipinski definition) is 1. The fourth-order valence-corrected chi connectivity index (χ4v) is 2.61. The van der Waals surface area contributed by atoms with Gasteiger partial charge in [-0.05, 0) is 46.5 Å². The Labute approximate surface area is 157 Å². The average molecular weight is 327 g/mol. The highest BCUT2D eigenvalue weighted by Crippen LogP contribution is 2.25. The summed E-state index contributed by atoms with van der Waals surface area (Å²) in [5.41, 5.74) is 4.59. The molecule has 4 aromatic rings. The zero-order valence-corrected chi connectivity index (χ0v) is 13.4. The summed E-state index contributed by atoms with van der Waals surface area (Å²) in [6.07, 6.45) is 0. The lowest BCUT2D eigenvalue weighted by Gasteiger charge is -2.09. The van der Waals surface area contributed by atoms with Crippen LogP contribution >= 0.6 is 0 Å². The van der Waals surface area contributed by atoms with Crippen molar-refractivity contribution in [1.29, 1.82) is 0 Å². The molecule has 4 rings (SSSR count). The van der Waals surface area contributed by atoms with Crippen LogP contribution < -0.4 is 5.32 Å². The van der Waals surface area contributed by atoms with Gasteiger partial charge in [-0.25, -0.2) is 0 Å². The SMILES string of the molecule is [2H]c1ccc(-c2ccc(Nc3ccc(-c4c([2H])c([2H])c([2H])c([2H])c4[2H])cc3)cc2)cc1. The molecular weight excluding hydrogens is 302 g/mol. The molecule has 1 heteroatoms. The smallest absolute Gasteiger partial charge is 0.0629 e. The van der Waals surface area contributed by atoms with E-state index in [2.05, 4.69) is 5.32 Å². The molecule has 0 atom stereocenters. The quantitative estimate of drug-likeness (QED) is 0.436. The maximum atomic E-state index is 8.11. The second-order valence-electron chi connectivity index (χ2n) is 5.57. The van der Waals surface area contributed by atoms with Crippen molar-refractivity contribution >= 4 is 11.4 Å². The highest BCUT2D eigenvalue weighted by atomic mass is 14.9. The summed E-state index contributed by atoms with van der Waals surface area (Å²) >= 11 is 0. The van der Waals surface area contributed by atoms with E-state index in [0.29, 0.717) is 11.6 Å². The Morgan fingerprint density at radius 3 is 1.52 bits per heavy atom. The first-order valence-electron chi connectivity index (χ1n) is 11.0. The summed E-state index contributed by atoms with van der Waals surface area (Å²) in [7, 11) is 0. The maximum Gasteiger partial charge on any atom is 0.0629 e. The zero-order valence-electron chi connectivity index (χ0n) is 19.4. The van der Waals surface area contributed by atoms with Gasteiger partial charge in [-0.1, -0.05) is 84.8 Å². The third-order valence-electron chi connectivity index (χ3n) is 3.90. The number of hydrogen-bond donors (Lipinski definition) is 1. The summed E-state index contributed by atoms with van der Waals surface area (Å²) < 4.78 is 47.2. The minimum absolute atomic E-state index is 0.195. The first kappa shape index (κ1) is 9.85. The zero-order chi connectivity index (χ0) is 22.1. The first-order chi connectivity index (χ1) is 14.8. The fraction of sp³-hybridized carbons (Fsp3) is 0. The van der Waals surface area contributed by atoms with E-state index in [-0.39, 0.29) is 29.7 Å². The van der Waals surface area contributed by atoms with Gasteiger partial charge in [0, 0.05) is 11.4 Å². The van der Waals surface area contributed by atoms with Gasteiger partial charge in [0.1, 0.15) is 0 Å². The van der Waals surface area contributed by atoms with Gasteiger partial charge in [0.15, 0.2) is 0 Å². The first-order valence-corrected chi connectivity index (χ1v) is 7.96. The standard InChI is InChI=1S/C24H19N/c1-3-7-19(8-4-1)21-11-15-23(16-12-21)25-24-17-13-22(14-18-24)20-9-5-2-6-10-20/h1-18,25H/i1D,2D,3D,4D,7D,8D. The Bertz CT molecular complexity index is 1200. The number of benzene rings is 4. The van der Waals surface area contributed by atoms with Crippen LogP contribution in [-0.4, -0.2) is 0 Å². The molecule has 0 bridgehead atoms. The molecule has 0 aliphatic rings. The van der Waals surface area contributed by atoms with Gasteiger partial charge >= 0.3 is 0 Å². The molecule has 0 aliphatic heterocycles. The topological polar surface area (TPSA) is 12.0 Å². The van der Waals surface area contributed by atoms with E-state index in [1.54, 1.807) is 24.3 Å². The largest absolute Gasteiger partial charge is 0.356 e. The van der Waals surface area contributed by atoms with E-state index in [1.807, 2.05) is 48.5 Å². The summed E-state index contributed by atoms with van der Waals surface area (Å²) in [4.78, 5) is 0. The average Bonchev–Trinajstić information content (AvgIpc) is 2.79. The molecule has 1 nitrogen and oxygen atoms in total. The van der Waals surface area contributed by atoms with Crippen LogP contribution in [0.25, 0.3) is 22.3 Å². The molecule has 0 spiro atoms.